The maximum Gasteiger partial charge on any atom is 0.298 e. The molecule has 0 fully saturated rings. The molecule has 0 N–H and O–H groups in total. The van der Waals surface area contributed by atoms with E-state index >= 15 is 0 Å². The Morgan fingerprint density at radius 2 is 2.57 bits per heavy atom. The Bertz CT molecular complexity index is 76.1. The highest BCUT2D eigenvalue weighted by molar-refractivity contribution is 5.39. The van der Waals surface area contributed by atoms with E-state index in [4.69, 9.17) is 0 Å². The standard InChI is InChI=1S/C5H8O2/c1-3-5(2)7-4-6/h4H,2-3H2,1H3. The molecule has 2 nitrogen and oxygen atoms in total. The first-order chi connectivity index (χ1) is 3.31. The van der Waals surface area contributed by atoms with Gasteiger partial charge in [0, 0.05) is 6.42 Å². The van der Waals surface area contributed by atoms with Crippen molar-refractivity contribution in [2.45, 2.75) is 13.3 Å². The average Bonchev–Trinajstić information content (AvgIpc) is 1.68. The van der Waals surface area contributed by atoms with Crippen molar-refractivity contribution in [3.63, 3.8) is 0 Å². The zero-order valence-electron chi connectivity index (χ0n) is 4.31. The second-order valence-corrected chi connectivity index (χ2v) is 1.11. The van der Waals surface area contributed by atoms with E-state index in [2.05, 4.69) is 11.3 Å². The fourth-order valence-electron chi connectivity index (χ4n) is 0.151. The van der Waals surface area contributed by atoms with Gasteiger partial charge < -0.3 is 4.74 Å². The predicted octanol–water partition coefficient (Wildman–Crippen LogP) is 1.08. The Labute approximate surface area is 42.8 Å². The molecule has 0 saturated heterocycles. The lowest BCUT2D eigenvalue weighted by Crippen LogP contribution is -1.83. The van der Waals surface area contributed by atoms with E-state index in [-0.39, 0.29) is 0 Å². The van der Waals surface area contributed by atoms with Gasteiger partial charge in [0.15, 0.2) is 0 Å². The average molecular weight is 100 g/mol. The summed E-state index contributed by atoms with van der Waals surface area (Å²) in [5.41, 5.74) is 0. The highest BCUT2D eigenvalue weighted by atomic mass is 16.5. The molecule has 0 radical (unpaired) electrons. The van der Waals surface area contributed by atoms with E-state index in [0.717, 1.165) is 0 Å². The number of allylic oxidation sites excluding steroid dienone is 1. The number of carbonyl (C=O) groups excluding carboxylic acids is 1. The van der Waals surface area contributed by atoms with Gasteiger partial charge in [-0.05, 0) is 0 Å². The van der Waals surface area contributed by atoms with Gasteiger partial charge >= 0.3 is 0 Å². The van der Waals surface area contributed by atoms with Crippen LogP contribution in [0.4, 0.5) is 0 Å². The molecule has 0 atom stereocenters. The SMILES string of the molecule is C=C(CC)OC=O. The molecule has 7 heavy (non-hydrogen) atoms. The third-order valence-electron chi connectivity index (χ3n) is 0.609. The number of hydrogen-bond acceptors (Lipinski definition) is 2. The van der Waals surface area contributed by atoms with E-state index < -0.39 is 0 Å². The molecule has 0 aliphatic carbocycles. The monoisotopic (exact) mass is 100 g/mol. The molecule has 0 aromatic carbocycles. The zero-order chi connectivity index (χ0) is 5.70. The third-order valence-corrected chi connectivity index (χ3v) is 0.609. The molecule has 0 aliphatic heterocycles. The summed E-state index contributed by atoms with van der Waals surface area (Å²) in [6, 6.07) is 0. The van der Waals surface area contributed by atoms with E-state index in [1.165, 1.54) is 0 Å². The lowest BCUT2D eigenvalue weighted by atomic mass is 10.4. The number of rotatable bonds is 3. The quantitative estimate of drug-likeness (QED) is 0.392. The van der Waals surface area contributed by atoms with Gasteiger partial charge in [0.25, 0.3) is 6.47 Å². The zero-order valence-corrected chi connectivity index (χ0v) is 4.31. The second kappa shape index (κ2) is 3.40. The van der Waals surface area contributed by atoms with Crippen LogP contribution >= 0.6 is 0 Å². The number of hydrogen-bond donors (Lipinski definition) is 0. The molecule has 0 aromatic heterocycles. The third kappa shape index (κ3) is 3.03. The summed E-state index contributed by atoms with van der Waals surface area (Å²) >= 11 is 0. The molecule has 0 spiro atoms. The van der Waals surface area contributed by atoms with Gasteiger partial charge in [0.2, 0.25) is 0 Å². The molecule has 0 aliphatic rings. The summed E-state index contributed by atoms with van der Waals surface area (Å²) < 4.78 is 4.32. The van der Waals surface area contributed by atoms with Crippen LogP contribution in [0.1, 0.15) is 13.3 Å². The lowest BCUT2D eigenvalue weighted by molar-refractivity contribution is -0.125. The Hall–Kier alpha value is -0.790. The first kappa shape index (κ1) is 6.21. The van der Waals surface area contributed by atoms with Crippen molar-refractivity contribution in [2.75, 3.05) is 0 Å². The van der Waals surface area contributed by atoms with E-state index in [1.807, 2.05) is 6.92 Å². The summed E-state index contributed by atoms with van der Waals surface area (Å²) in [5, 5.41) is 0. The van der Waals surface area contributed by atoms with Crippen molar-refractivity contribution in [2.24, 2.45) is 0 Å². The molecule has 0 aromatic rings. The van der Waals surface area contributed by atoms with Crippen LogP contribution in [0.3, 0.4) is 0 Å². The molecule has 0 heterocycles. The molecular weight excluding hydrogens is 92.1 g/mol. The summed E-state index contributed by atoms with van der Waals surface area (Å²) in [4.78, 5) is 9.49. The van der Waals surface area contributed by atoms with Gasteiger partial charge in [0.05, 0.1) is 5.76 Å². The minimum atomic E-state index is 0.381. The minimum Gasteiger partial charge on any atom is -0.434 e. The van der Waals surface area contributed by atoms with Crippen molar-refractivity contribution >= 4 is 6.47 Å². The van der Waals surface area contributed by atoms with Crippen LogP contribution in [0.5, 0.6) is 0 Å². The minimum absolute atomic E-state index is 0.381. The Morgan fingerprint density at radius 1 is 2.00 bits per heavy atom. The summed E-state index contributed by atoms with van der Waals surface area (Å²) in [7, 11) is 0. The number of ether oxygens (including phenoxy) is 1. The fraction of sp³-hybridized carbons (Fsp3) is 0.400. The smallest absolute Gasteiger partial charge is 0.298 e. The molecule has 0 rings (SSSR count). The largest absolute Gasteiger partial charge is 0.434 e. The van der Waals surface area contributed by atoms with Gasteiger partial charge in [-0.25, -0.2) is 0 Å². The Morgan fingerprint density at radius 3 is 2.71 bits per heavy atom. The first-order valence-electron chi connectivity index (χ1n) is 2.09. The van der Waals surface area contributed by atoms with Crippen LogP contribution < -0.4 is 0 Å². The first-order valence-corrected chi connectivity index (χ1v) is 2.09. The summed E-state index contributed by atoms with van der Waals surface area (Å²) in [5.74, 6) is 0.509. The molecule has 0 unspecified atom stereocenters. The van der Waals surface area contributed by atoms with Crippen molar-refractivity contribution in [3.8, 4) is 0 Å². The Balaban J connectivity index is 3.17. The summed E-state index contributed by atoms with van der Waals surface area (Å²) in [6.45, 7) is 5.66. The summed E-state index contributed by atoms with van der Waals surface area (Å²) in [6.07, 6.45) is 0.693. The predicted molar refractivity (Wildman–Crippen MR) is 26.6 cm³/mol. The highest BCUT2D eigenvalue weighted by Crippen LogP contribution is 1.93. The maximum absolute atomic E-state index is 9.49. The van der Waals surface area contributed by atoms with Crippen molar-refractivity contribution in [1.29, 1.82) is 0 Å². The van der Waals surface area contributed by atoms with Crippen LogP contribution in [0, 0.1) is 0 Å². The van der Waals surface area contributed by atoms with Crippen LogP contribution in [0.2, 0.25) is 0 Å². The Kier molecular flexibility index (Phi) is 3.02. The van der Waals surface area contributed by atoms with Crippen molar-refractivity contribution in [3.05, 3.63) is 12.3 Å². The lowest BCUT2D eigenvalue weighted by Gasteiger charge is -1.92. The van der Waals surface area contributed by atoms with E-state index in [1.54, 1.807) is 0 Å². The molecule has 0 saturated carbocycles. The van der Waals surface area contributed by atoms with Gasteiger partial charge in [-0.2, -0.15) is 0 Å². The van der Waals surface area contributed by atoms with Gasteiger partial charge in [0.1, 0.15) is 0 Å². The molecular formula is C5H8O2. The van der Waals surface area contributed by atoms with Gasteiger partial charge in [-0.3, -0.25) is 4.79 Å². The second-order valence-electron chi connectivity index (χ2n) is 1.11. The molecule has 0 bridgehead atoms. The van der Waals surface area contributed by atoms with Crippen molar-refractivity contribution < 1.29 is 9.53 Å². The molecule has 40 valence electrons. The van der Waals surface area contributed by atoms with Crippen LogP contribution in [0.25, 0.3) is 0 Å². The molecule has 2 heteroatoms. The fourth-order valence-corrected chi connectivity index (χ4v) is 0.151. The van der Waals surface area contributed by atoms with E-state index in [9.17, 15) is 4.79 Å². The topological polar surface area (TPSA) is 26.3 Å². The van der Waals surface area contributed by atoms with Gasteiger partial charge in [-0.1, -0.05) is 13.5 Å². The van der Waals surface area contributed by atoms with Crippen LogP contribution in [-0.2, 0) is 9.53 Å². The normalized spacial score (nSPS) is 7.57. The van der Waals surface area contributed by atoms with E-state index in [0.29, 0.717) is 18.7 Å². The molecule has 0 amide bonds. The van der Waals surface area contributed by atoms with Crippen LogP contribution in [0.15, 0.2) is 12.3 Å². The number of carbonyl (C=O) groups is 1. The van der Waals surface area contributed by atoms with Gasteiger partial charge in [-0.15, -0.1) is 0 Å². The van der Waals surface area contributed by atoms with Crippen LogP contribution in [-0.4, -0.2) is 6.47 Å². The highest BCUT2D eigenvalue weighted by Gasteiger charge is 1.82. The maximum atomic E-state index is 9.49. The van der Waals surface area contributed by atoms with Crippen molar-refractivity contribution in [1.82, 2.24) is 0 Å².